The lowest BCUT2D eigenvalue weighted by molar-refractivity contribution is -0.134. The van der Waals surface area contributed by atoms with Crippen LogP contribution in [-0.2, 0) is 9.53 Å². The Morgan fingerprint density at radius 1 is 1.37 bits per heavy atom. The average Bonchev–Trinajstić information content (AvgIpc) is 2.67. The van der Waals surface area contributed by atoms with Crippen LogP contribution in [0.5, 0.6) is 5.88 Å². The van der Waals surface area contributed by atoms with Crippen LogP contribution in [0.3, 0.4) is 0 Å². The first-order chi connectivity index (χ1) is 13.0. The summed E-state index contributed by atoms with van der Waals surface area (Å²) in [5, 5.41) is 0.776. The molecule has 1 aromatic heterocycles. The quantitative estimate of drug-likeness (QED) is 0.702. The number of carbonyl (C=O) groups is 1. The molecule has 1 atom stereocenters. The van der Waals surface area contributed by atoms with Gasteiger partial charge in [-0.05, 0) is 24.3 Å². The van der Waals surface area contributed by atoms with Gasteiger partial charge < -0.3 is 14.4 Å². The third kappa shape index (κ3) is 5.42. The number of hydrogen-bond acceptors (Lipinski definition) is 4. The van der Waals surface area contributed by atoms with Crippen LogP contribution in [0, 0.1) is 5.82 Å². The molecule has 0 saturated carbocycles. The maximum Gasteiger partial charge on any atom is 0.246 e. The van der Waals surface area contributed by atoms with Crippen molar-refractivity contribution < 1.29 is 18.7 Å². The van der Waals surface area contributed by atoms with Crippen molar-refractivity contribution in [2.75, 3.05) is 26.3 Å². The van der Waals surface area contributed by atoms with E-state index in [0.29, 0.717) is 30.6 Å². The number of carbonyl (C=O) groups excluding carboxylic acids is 1. The minimum Gasteiger partial charge on any atom is -0.475 e. The molecule has 1 unspecified atom stereocenters. The number of amides is 1. The molecule has 0 spiro atoms. The zero-order chi connectivity index (χ0) is 19.2. The van der Waals surface area contributed by atoms with Crippen molar-refractivity contribution in [3.05, 3.63) is 64.0 Å². The summed E-state index contributed by atoms with van der Waals surface area (Å²) in [6.45, 7) is 1.45. The number of benzene rings is 1. The summed E-state index contributed by atoms with van der Waals surface area (Å²) in [4.78, 5) is 18.1. The molecule has 1 aliphatic heterocycles. The molecule has 1 saturated heterocycles. The largest absolute Gasteiger partial charge is 0.475 e. The Labute approximate surface area is 166 Å². The van der Waals surface area contributed by atoms with Crippen LogP contribution < -0.4 is 4.74 Å². The molecule has 0 radical (unpaired) electrons. The summed E-state index contributed by atoms with van der Waals surface area (Å²) in [6, 6.07) is 7.72. The van der Waals surface area contributed by atoms with Gasteiger partial charge in [0, 0.05) is 30.4 Å². The summed E-state index contributed by atoms with van der Waals surface area (Å²) < 4.78 is 25.0. The maximum atomic E-state index is 13.8. The first-order valence-corrected chi connectivity index (χ1v) is 9.05. The summed E-state index contributed by atoms with van der Waals surface area (Å²) in [5.74, 6) is -0.289. The third-order valence-corrected chi connectivity index (χ3v) is 4.51. The molecular formula is C19H17Cl2FN2O3. The van der Waals surface area contributed by atoms with Crippen LogP contribution >= 0.6 is 23.2 Å². The van der Waals surface area contributed by atoms with E-state index >= 15 is 0 Å². The molecule has 27 heavy (non-hydrogen) atoms. The third-order valence-electron chi connectivity index (χ3n) is 3.96. The summed E-state index contributed by atoms with van der Waals surface area (Å²) >= 11 is 11.7. The molecule has 1 fully saturated rings. The van der Waals surface area contributed by atoms with Crippen LogP contribution in [0.4, 0.5) is 4.39 Å². The predicted molar refractivity (Wildman–Crippen MR) is 102 cm³/mol. The first kappa shape index (κ1) is 19.6. The van der Waals surface area contributed by atoms with Gasteiger partial charge in [0.1, 0.15) is 18.5 Å². The molecule has 142 valence electrons. The molecule has 0 aliphatic carbocycles. The number of halogens is 3. The van der Waals surface area contributed by atoms with Gasteiger partial charge in [0.05, 0.1) is 23.2 Å². The Kier molecular flexibility index (Phi) is 6.66. The molecule has 3 rings (SSSR count). The molecule has 1 aliphatic rings. The molecule has 5 nitrogen and oxygen atoms in total. The molecule has 1 aromatic carbocycles. The number of nitrogens with zero attached hydrogens (tertiary/aromatic N) is 2. The number of ether oxygens (including phenoxy) is 2. The van der Waals surface area contributed by atoms with Crippen LogP contribution in [0.1, 0.15) is 5.56 Å². The van der Waals surface area contributed by atoms with E-state index in [1.165, 1.54) is 30.5 Å². The normalized spacial score (nSPS) is 17.3. The fourth-order valence-corrected chi connectivity index (χ4v) is 2.91. The number of aromatic nitrogens is 1. The fraction of sp³-hybridized carbons (Fsp3) is 0.263. The highest BCUT2D eigenvalue weighted by molar-refractivity contribution is 6.32. The molecule has 0 N–H and O–H groups in total. The second-order valence-electron chi connectivity index (χ2n) is 5.87. The van der Waals surface area contributed by atoms with E-state index in [9.17, 15) is 9.18 Å². The van der Waals surface area contributed by atoms with E-state index in [4.69, 9.17) is 32.7 Å². The van der Waals surface area contributed by atoms with E-state index in [1.54, 1.807) is 23.1 Å². The topological polar surface area (TPSA) is 51.7 Å². The highest BCUT2D eigenvalue weighted by Crippen LogP contribution is 2.20. The van der Waals surface area contributed by atoms with Crippen LogP contribution in [0.25, 0.3) is 6.08 Å². The SMILES string of the molecule is O=C(C=Cc1c(F)cccc1Cl)N1CCOC(COc2ccc(Cl)cn2)C1. The van der Waals surface area contributed by atoms with Gasteiger partial charge in [0.2, 0.25) is 11.8 Å². The summed E-state index contributed by atoms with van der Waals surface area (Å²) in [5.41, 5.74) is 0.189. The van der Waals surface area contributed by atoms with Crippen LogP contribution in [0.2, 0.25) is 10.0 Å². The molecule has 8 heteroatoms. The minimum atomic E-state index is -0.477. The molecular weight excluding hydrogens is 394 g/mol. The van der Waals surface area contributed by atoms with Crippen molar-refractivity contribution in [1.82, 2.24) is 9.88 Å². The van der Waals surface area contributed by atoms with Crippen molar-refractivity contribution in [3.8, 4) is 5.88 Å². The van der Waals surface area contributed by atoms with Crippen LogP contribution in [0.15, 0.2) is 42.6 Å². The zero-order valence-corrected chi connectivity index (χ0v) is 15.8. The minimum absolute atomic E-state index is 0.189. The van der Waals surface area contributed by atoms with E-state index in [2.05, 4.69) is 4.98 Å². The van der Waals surface area contributed by atoms with E-state index in [-0.39, 0.29) is 29.2 Å². The van der Waals surface area contributed by atoms with Crippen LogP contribution in [-0.4, -0.2) is 48.2 Å². The Hall–Kier alpha value is -2.15. The lowest BCUT2D eigenvalue weighted by Crippen LogP contribution is -2.47. The second-order valence-corrected chi connectivity index (χ2v) is 6.72. The smallest absolute Gasteiger partial charge is 0.246 e. The van der Waals surface area contributed by atoms with Gasteiger partial charge >= 0.3 is 0 Å². The van der Waals surface area contributed by atoms with E-state index in [0.717, 1.165) is 0 Å². The number of rotatable bonds is 5. The van der Waals surface area contributed by atoms with Gasteiger partial charge in [-0.2, -0.15) is 0 Å². The Morgan fingerprint density at radius 2 is 2.22 bits per heavy atom. The molecule has 2 aromatic rings. The molecule has 2 heterocycles. The van der Waals surface area contributed by atoms with Gasteiger partial charge in [0.15, 0.2) is 0 Å². The number of morpholine rings is 1. The fourth-order valence-electron chi connectivity index (χ4n) is 2.58. The monoisotopic (exact) mass is 410 g/mol. The Bertz CT molecular complexity index is 810. The van der Waals surface area contributed by atoms with Crippen molar-refractivity contribution >= 4 is 35.2 Å². The highest BCUT2D eigenvalue weighted by Gasteiger charge is 2.23. The molecule has 1 amide bonds. The van der Waals surface area contributed by atoms with E-state index < -0.39 is 5.82 Å². The van der Waals surface area contributed by atoms with Gasteiger partial charge in [-0.3, -0.25) is 4.79 Å². The lowest BCUT2D eigenvalue weighted by Gasteiger charge is -2.32. The summed E-state index contributed by atoms with van der Waals surface area (Å²) in [6.07, 6.45) is 3.91. The van der Waals surface area contributed by atoms with Crippen molar-refractivity contribution in [1.29, 1.82) is 0 Å². The lowest BCUT2D eigenvalue weighted by atomic mass is 10.2. The zero-order valence-electron chi connectivity index (χ0n) is 14.3. The van der Waals surface area contributed by atoms with Crippen molar-refractivity contribution in [2.45, 2.75) is 6.10 Å². The van der Waals surface area contributed by atoms with Gasteiger partial charge in [-0.15, -0.1) is 0 Å². The maximum absolute atomic E-state index is 13.8. The number of pyridine rings is 1. The predicted octanol–water partition coefficient (Wildman–Crippen LogP) is 3.85. The van der Waals surface area contributed by atoms with Gasteiger partial charge in [0.25, 0.3) is 0 Å². The first-order valence-electron chi connectivity index (χ1n) is 8.30. The van der Waals surface area contributed by atoms with E-state index in [1.807, 2.05) is 0 Å². The summed E-state index contributed by atoms with van der Waals surface area (Å²) in [7, 11) is 0. The standard InChI is InChI=1S/C19H17Cl2FN2O3/c20-13-4-6-18(23-10-13)27-12-14-11-24(8-9-26-14)19(25)7-5-15-16(21)2-1-3-17(15)22/h1-7,10,14H,8-9,11-12H2. The average molecular weight is 411 g/mol. The number of hydrogen-bond donors (Lipinski definition) is 0. The molecule has 0 bridgehead atoms. The van der Waals surface area contributed by atoms with Gasteiger partial charge in [-0.1, -0.05) is 29.3 Å². The Balaban J connectivity index is 1.56. The second kappa shape index (κ2) is 9.17. The van der Waals surface area contributed by atoms with Crippen molar-refractivity contribution in [2.24, 2.45) is 0 Å². The Morgan fingerprint density at radius 3 is 2.96 bits per heavy atom. The highest BCUT2D eigenvalue weighted by atomic mass is 35.5. The van der Waals surface area contributed by atoms with Gasteiger partial charge in [-0.25, -0.2) is 9.37 Å². The van der Waals surface area contributed by atoms with Crippen molar-refractivity contribution in [3.63, 3.8) is 0 Å².